The van der Waals surface area contributed by atoms with E-state index in [-0.39, 0.29) is 11.9 Å². The summed E-state index contributed by atoms with van der Waals surface area (Å²) in [6, 6.07) is 10.3. The van der Waals surface area contributed by atoms with E-state index in [9.17, 15) is 4.79 Å². The van der Waals surface area contributed by atoms with E-state index in [2.05, 4.69) is 22.3 Å². The lowest BCUT2D eigenvalue weighted by Gasteiger charge is -2.23. The second-order valence-corrected chi connectivity index (χ2v) is 4.12. The third-order valence-corrected chi connectivity index (χ3v) is 2.73. The molecule has 1 fully saturated rings. The first-order valence-corrected chi connectivity index (χ1v) is 5.91. The molecule has 0 saturated carbocycles. The first kappa shape index (κ1) is 12.1. The Morgan fingerprint density at radius 2 is 2.18 bits per heavy atom. The molecule has 0 spiro atoms. The highest BCUT2D eigenvalue weighted by molar-refractivity contribution is 5.77. The number of rotatable bonds is 7. The van der Waals surface area contributed by atoms with E-state index in [1.807, 2.05) is 18.2 Å². The van der Waals surface area contributed by atoms with Gasteiger partial charge in [0.15, 0.2) is 0 Å². The number of cyclic esters (lactones) is 1. The number of hydroxylamine groups is 1. The van der Waals surface area contributed by atoms with Crippen LogP contribution in [0.2, 0.25) is 0 Å². The Morgan fingerprint density at radius 1 is 1.35 bits per heavy atom. The van der Waals surface area contributed by atoms with Crippen molar-refractivity contribution in [2.45, 2.75) is 12.8 Å². The first-order chi connectivity index (χ1) is 8.36. The number of aryl methyl sites for hydroxylation is 1. The molecule has 0 radical (unpaired) electrons. The summed E-state index contributed by atoms with van der Waals surface area (Å²) in [5, 5.41) is 0. The van der Waals surface area contributed by atoms with Crippen LogP contribution in [0.5, 0.6) is 0 Å². The molecule has 1 aromatic carbocycles. The van der Waals surface area contributed by atoms with Gasteiger partial charge in [-0.3, -0.25) is 4.79 Å². The van der Waals surface area contributed by atoms with Gasteiger partial charge in [-0.1, -0.05) is 30.3 Å². The van der Waals surface area contributed by atoms with Gasteiger partial charge in [0.1, 0.15) is 12.5 Å². The Bertz CT molecular complexity index is 353. The van der Waals surface area contributed by atoms with Crippen LogP contribution in [0.3, 0.4) is 0 Å². The summed E-state index contributed by atoms with van der Waals surface area (Å²) in [4.78, 5) is 16.0. The Balaban J connectivity index is 1.48. The smallest absolute Gasteiger partial charge is 0.314 e. The SMILES string of the molecule is O=C1OCC1CONCCCc1ccccc1. The van der Waals surface area contributed by atoms with Crippen LogP contribution in [-0.2, 0) is 20.8 Å². The van der Waals surface area contributed by atoms with Crippen molar-refractivity contribution < 1.29 is 14.4 Å². The number of hydrogen-bond acceptors (Lipinski definition) is 4. The predicted molar refractivity (Wildman–Crippen MR) is 63.2 cm³/mol. The Labute approximate surface area is 101 Å². The molecule has 1 aliphatic heterocycles. The van der Waals surface area contributed by atoms with Crippen molar-refractivity contribution >= 4 is 5.97 Å². The molecule has 1 unspecified atom stereocenters. The van der Waals surface area contributed by atoms with Crippen LogP contribution in [0.1, 0.15) is 12.0 Å². The highest BCUT2D eigenvalue weighted by Crippen LogP contribution is 2.11. The normalized spacial score (nSPS) is 18.6. The molecular formula is C13H17NO3. The Hall–Kier alpha value is -1.39. The molecule has 92 valence electrons. The van der Waals surface area contributed by atoms with Gasteiger partial charge in [0, 0.05) is 6.54 Å². The third-order valence-electron chi connectivity index (χ3n) is 2.73. The lowest BCUT2D eigenvalue weighted by Crippen LogP contribution is -2.39. The fourth-order valence-electron chi connectivity index (χ4n) is 1.63. The zero-order valence-corrected chi connectivity index (χ0v) is 9.72. The van der Waals surface area contributed by atoms with Gasteiger partial charge >= 0.3 is 5.97 Å². The third kappa shape index (κ3) is 3.84. The standard InChI is InChI=1S/C13H17NO3/c15-13-12(9-16-13)10-17-14-8-4-7-11-5-2-1-3-6-11/h1-3,5-6,12,14H,4,7-10H2. The number of carbonyl (C=O) groups excluding carboxylic acids is 1. The van der Waals surface area contributed by atoms with Crippen LogP contribution in [0, 0.1) is 5.92 Å². The van der Waals surface area contributed by atoms with Crippen molar-refractivity contribution in [2.24, 2.45) is 5.92 Å². The van der Waals surface area contributed by atoms with E-state index in [1.165, 1.54) is 5.56 Å². The molecule has 1 heterocycles. The summed E-state index contributed by atoms with van der Waals surface area (Å²) in [6.07, 6.45) is 2.04. The number of carbonyl (C=O) groups is 1. The molecule has 1 aliphatic rings. The fourth-order valence-corrected chi connectivity index (χ4v) is 1.63. The minimum absolute atomic E-state index is 0.0726. The average Bonchev–Trinajstić information content (AvgIpc) is 2.37. The molecule has 1 saturated heterocycles. The lowest BCUT2D eigenvalue weighted by molar-refractivity contribution is -0.175. The zero-order chi connectivity index (χ0) is 11.9. The molecule has 1 aromatic rings. The van der Waals surface area contributed by atoms with E-state index in [0.29, 0.717) is 13.2 Å². The monoisotopic (exact) mass is 235 g/mol. The van der Waals surface area contributed by atoms with E-state index in [4.69, 9.17) is 4.84 Å². The van der Waals surface area contributed by atoms with E-state index in [0.717, 1.165) is 19.4 Å². The van der Waals surface area contributed by atoms with Crippen LogP contribution < -0.4 is 5.48 Å². The number of hydrogen-bond donors (Lipinski definition) is 1. The highest BCUT2D eigenvalue weighted by Gasteiger charge is 2.30. The van der Waals surface area contributed by atoms with Crippen LogP contribution >= 0.6 is 0 Å². The highest BCUT2D eigenvalue weighted by atomic mass is 16.6. The molecule has 0 amide bonds. The fraction of sp³-hybridized carbons (Fsp3) is 0.462. The van der Waals surface area contributed by atoms with Gasteiger partial charge in [0.2, 0.25) is 0 Å². The maximum atomic E-state index is 10.8. The number of esters is 1. The second-order valence-electron chi connectivity index (χ2n) is 4.12. The maximum Gasteiger partial charge on any atom is 0.314 e. The first-order valence-electron chi connectivity index (χ1n) is 5.91. The summed E-state index contributed by atoms with van der Waals surface area (Å²) < 4.78 is 4.63. The lowest BCUT2D eigenvalue weighted by atomic mass is 10.1. The van der Waals surface area contributed by atoms with E-state index >= 15 is 0 Å². The molecule has 2 rings (SSSR count). The van der Waals surface area contributed by atoms with Crippen molar-refractivity contribution in [2.75, 3.05) is 19.8 Å². The number of benzene rings is 1. The summed E-state index contributed by atoms with van der Waals surface area (Å²) >= 11 is 0. The zero-order valence-electron chi connectivity index (χ0n) is 9.72. The van der Waals surface area contributed by atoms with Crippen molar-refractivity contribution in [3.05, 3.63) is 35.9 Å². The van der Waals surface area contributed by atoms with Crippen molar-refractivity contribution in [1.82, 2.24) is 5.48 Å². The van der Waals surface area contributed by atoms with Gasteiger partial charge in [-0.2, -0.15) is 0 Å². The molecule has 0 aromatic heterocycles. The van der Waals surface area contributed by atoms with Gasteiger partial charge in [0.25, 0.3) is 0 Å². The molecule has 17 heavy (non-hydrogen) atoms. The minimum atomic E-state index is -0.156. The van der Waals surface area contributed by atoms with Gasteiger partial charge in [0.05, 0.1) is 6.61 Å². The largest absolute Gasteiger partial charge is 0.464 e. The predicted octanol–water partition coefficient (Wildman–Crippen LogP) is 1.31. The topological polar surface area (TPSA) is 47.6 Å². The summed E-state index contributed by atoms with van der Waals surface area (Å²) in [6.45, 7) is 1.69. The average molecular weight is 235 g/mol. The molecule has 1 N–H and O–H groups in total. The van der Waals surface area contributed by atoms with Crippen molar-refractivity contribution in [1.29, 1.82) is 0 Å². The minimum Gasteiger partial charge on any atom is -0.464 e. The molecule has 0 aliphatic carbocycles. The van der Waals surface area contributed by atoms with Gasteiger partial charge < -0.3 is 9.57 Å². The van der Waals surface area contributed by atoms with Crippen LogP contribution in [-0.4, -0.2) is 25.7 Å². The van der Waals surface area contributed by atoms with Gasteiger partial charge in [-0.15, -0.1) is 0 Å². The van der Waals surface area contributed by atoms with Gasteiger partial charge in [-0.25, -0.2) is 5.48 Å². The summed E-state index contributed by atoms with van der Waals surface area (Å²) in [5.74, 6) is -0.229. The van der Waals surface area contributed by atoms with E-state index in [1.54, 1.807) is 0 Å². The maximum absolute atomic E-state index is 10.8. The Morgan fingerprint density at radius 3 is 2.82 bits per heavy atom. The quantitative estimate of drug-likeness (QED) is 0.440. The van der Waals surface area contributed by atoms with E-state index < -0.39 is 0 Å². The second kappa shape index (κ2) is 6.37. The molecule has 0 bridgehead atoms. The Kier molecular flexibility index (Phi) is 4.53. The summed E-state index contributed by atoms with van der Waals surface area (Å²) in [7, 11) is 0. The van der Waals surface area contributed by atoms with Gasteiger partial charge in [-0.05, 0) is 18.4 Å². The van der Waals surface area contributed by atoms with Crippen molar-refractivity contribution in [3.63, 3.8) is 0 Å². The molecular weight excluding hydrogens is 218 g/mol. The van der Waals surface area contributed by atoms with Crippen molar-refractivity contribution in [3.8, 4) is 0 Å². The molecule has 4 nitrogen and oxygen atoms in total. The van der Waals surface area contributed by atoms with Crippen LogP contribution in [0.25, 0.3) is 0 Å². The summed E-state index contributed by atoms with van der Waals surface area (Å²) in [5.41, 5.74) is 4.20. The molecule has 4 heteroatoms. The molecule has 1 atom stereocenters. The number of nitrogens with one attached hydrogen (secondary N) is 1. The van der Waals surface area contributed by atoms with Crippen LogP contribution in [0.15, 0.2) is 30.3 Å². The van der Waals surface area contributed by atoms with Crippen LogP contribution in [0.4, 0.5) is 0 Å². The number of ether oxygens (including phenoxy) is 1.